The van der Waals surface area contributed by atoms with Gasteiger partial charge >= 0.3 is 0 Å². The number of nitrogens with zero attached hydrogens (tertiary/aromatic N) is 2. The van der Waals surface area contributed by atoms with E-state index < -0.39 is 0 Å². The van der Waals surface area contributed by atoms with E-state index in [1.165, 1.54) is 19.3 Å². The second-order valence-corrected chi connectivity index (χ2v) is 4.51. The highest BCUT2D eigenvalue weighted by atomic mass is 16.2. The number of likely N-dealkylation sites (tertiary alicyclic amines) is 1. The van der Waals surface area contributed by atoms with Gasteiger partial charge in [0.05, 0.1) is 12.0 Å². The fourth-order valence-corrected chi connectivity index (χ4v) is 2.39. The highest BCUT2D eigenvalue weighted by Gasteiger charge is 2.37. The Morgan fingerprint density at radius 1 is 1.57 bits per heavy atom. The van der Waals surface area contributed by atoms with Gasteiger partial charge in [-0.05, 0) is 25.7 Å². The monoisotopic (exact) mass is 192 g/mol. The number of rotatable bonds is 2. The van der Waals surface area contributed by atoms with Gasteiger partial charge in [-0.2, -0.15) is 5.26 Å². The fourth-order valence-electron chi connectivity index (χ4n) is 2.39. The molecular formula is C11H16N2O. The molecule has 1 amide bonds. The maximum absolute atomic E-state index is 11.6. The van der Waals surface area contributed by atoms with E-state index in [0.717, 1.165) is 0 Å². The lowest BCUT2D eigenvalue weighted by Gasteiger charge is -2.37. The minimum Gasteiger partial charge on any atom is -0.338 e. The first-order valence-corrected chi connectivity index (χ1v) is 5.41. The molecule has 3 nitrogen and oxygen atoms in total. The van der Waals surface area contributed by atoms with Crippen LogP contribution in [0.3, 0.4) is 0 Å². The van der Waals surface area contributed by atoms with Gasteiger partial charge in [0.25, 0.3) is 0 Å². The molecule has 2 fully saturated rings. The summed E-state index contributed by atoms with van der Waals surface area (Å²) in [6.45, 7) is 2.79. The van der Waals surface area contributed by atoms with E-state index in [0.29, 0.717) is 24.9 Å². The molecule has 1 aliphatic carbocycles. The Labute approximate surface area is 84.7 Å². The maximum atomic E-state index is 11.6. The van der Waals surface area contributed by atoms with Crippen molar-refractivity contribution < 1.29 is 4.79 Å². The van der Waals surface area contributed by atoms with Crippen LogP contribution in [0.15, 0.2) is 0 Å². The van der Waals surface area contributed by atoms with E-state index in [2.05, 4.69) is 13.0 Å². The Bertz CT molecular complexity index is 278. The van der Waals surface area contributed by atoms with Crippen molar-refractivity contribution in [3.05, 3.63) is 0 Å². The largest absolute Gasteiger partial charge is 0.338 e. The van der Waals surface area contributed by atoms with Crippen LogP contribution in [0.4, 0.5) is 0 Å². The molecule has 2 atom stereocenters. The van der Waals surface area contributed by atoms with Gasteiger partial charge in [0.2, 0.25) is 5.91 Å². The molecule has 0 N–H and O–H groups in total. The molecule has 0 aromatic heterocycles. The highest BCUT2D eigenvalue weighted by Crippen LogP contribution is 2.34. The topological polar surface area (TPSA) is 44.1 Å². The Morgan fingerprint density at radius 2 is 2.29 bits per heavy atom. The summed E-state index contributed by atoms with van der Waals surface area (Å²) in [6, 6.07) is 2.55. The molecule has 1 aliphatic heterocycles. The molecule has 2 aliphatic rings. The summed E-state index contributed by atoms with van der Waals surface area (Å²) in [7, 11) is 0. The number of hydrogen-bond acceptors (Lipinski definition) is 2. The van der Waals surface area contributed by atoms with Gasteiger partial charge in [-0.25, -0.2) is 0 Å². The van der Waals surface area contributed by atoms with Crippen LogP contribution >= 0.6 is 0 Å². The van der Waals surface area contributed by atoms with Crippen molar-refractivity contribution in [2.45, 2.75) is 38.6 Å². The molecule has 2 unspecified atom stereocenters. The van der Waals surface area contributed by atoms with Crippen LogP contribution in [0.1, 0.15) is 32.6 Å². The molecular weight excluding hydrogens is 176 g/mol. The third kappa shape index (κ3) is 1.50. The first-order chi connectivity index (χ1) is 6.72. The summed E-state index contributed by atoms with van der Waals surface area (Å²) in [5.74, 6) is 0.803. The standard InChI is InChI=1S/C11H16N2O/c1-8(10-3-2-4-10)13-7-9(6-12)5-11(13)14/h8-10H,2-5,7H2,1H3. The molecule has 0 spiro atoms. The van der Waals surface area contributed by atoms with Crippen LogP contribution in [0.2, 0.25) is 0 Å². The Morgan fingerprint density at radius 3 is 2.71 bits per heavy atom. The molecule has 1 saturated heterocycles. The first kappa shape index (κ1) is 9.51. The van der Waals surface area contributed by atoms with Gasteiger partial charge in [0.1, 0.15) is 0 Å². The van der Waals surface area contributed by atoms with Gasteiger partial charge in [-0.3, -0.25) is 4.79 Å². The van der Waals surface area contributed by atoms with Crippen LogP contribution in [0, 0.1) is 23.2 Å². The zero-order valence-corrected chi connectivity index (χ0v) is 8.57. The van der Waals surface area contributed by atoms with E-state index in [4.69, 9.17) is 5.26 Å². The minimum absolute atomic E-state index is 0.0648. The van der Waals surface area contributed by atoms with Crippen molar-refractivity contribution in [1.82, 2.24) is 4.90 Å². The predicted molar refractivity (Wildman–Crippen MR) is 52.2 cm³/mol. The SMILES string of the molecule is CC(C1CCC1)N1CC(C#N)CC1=O. The van der Waals surface area contributed by atoms with Crippen molar-refractivity contribution in [3.63, 3.8) is 0 Å². The number of hydrogen-bond donors (Lipinski definition) is 0. The predicted octanol–water partition coefficient (Wildman–Crippen LogP) is 1.55. The van der Waals surface area contributed by atoms with E-state index in [-0.39, 0.29) is 11.8 Å². The summed E-state index contributed by atoms with van der Waals surface area (Å²) in [5, 5.41) is 8.76. The minimum atomic E-state index is -0.0648. The zero-order valence-electron chi connectivity index (χ0n) is 8.57. The second kappa shape index (κ2) is 3.61. The summed E-state index contributed by atoms with van der Waals surface area (Å²) < 4.78 is 0. The van der Waals surface area contributed by atoms with Crippen molar-refractivity contribution in [1.29, 1.82) is 5.26 Å². The first-order valence-electron chi connectivity index (χ1n) is 5.41. The quantitative estimate of drug-likeness (QED) is 0.666. The molecule has 2 rings (SSSR count). The zero-order chi connectivity index (χ0) is 10.1. The van der Waals surface area contributed by atoms with Gasteiger partial charge in [0.15, 0.2) is 0 Å². The van der Waals surface area contributed by atoms with Crippen LogP contribution in [0.5, 0.6) is 0 Å². The number of carbonyl (C=O) groups excluding carboxylic acids is 1. The smallest absolute Gasteiger partial charge is 0.224 e. The van der Waals surface area contributed by atoms with Crippen LogP contribution in [0.25, 0.3) is 0 Å². The molecule has 3 heteroatoms. The average Bonchev–Trinajstić information content (AvgIpc) is 2.43. The average molecular weight is 192 g/mol. The lowest BCUT2D eigenvalue weighted by molar-refractivity contribution is -0.130. The molecule has 14 heavy (non-hydrogen) atoms. The summed E-state index contributed by atoms with van der Waals surface area (Å²) in [4.78, 5) is 13.5. The normalized spacial score (nSPS) is 29.9. The van der Waals surface area contributed by atoms with Gasteiger partial charge in [-0.1, -0.05) is 6.42 Å². The van der Waals surface area contributed by atoms with E-state index in [9.17, 15) is 4.79 Å². The third-order valence-electron chi connectivity index (χ3n) is 3.66. The second-order valence-electron chi connectivity index (χ2n) is 4.51. The maximum Gasteiger partial charge on any atom is 0.224 e. The molecule has 0 aromatic carbocycles. The van der Waals surface area contributed by atoms with E-state index in [1.807, 2.05) is 4.90 Å². The van der Waals surface area contributed by atoms with Crippen LogP contribution in [-0.2, 0) is 4.79 Å². The number of nitriles is 1. The highest BCUT2D eigenvalue weighted by molar-refractivity contribution is 5.79. The summed E-state index contributed by atoms with van der Waals surface area (Å²) in [5.41, 5.74) is 0. The summed E-state index contributed by atoms with van der Waals surface area (Å²) >= 11 is 0. The van der Waals surface area contributed by atoms with Gasteiger partial charge in [-0.15, -0.1) is 0 Å². The lowest BCUT2D eigenvalue weighted by Crippen LogP contribution is -2.42. The van der Waals surface area contributed by atoms with Gasteiger partial charge < -0.3 is 4.90 Å². The number of carbonyl (C=O) groups is 1. The third-order valence-corrected chi connectivity index (χ3v) is 3.66. The Hall–Kier alpha value is -1.04. The van der Waals surface area contributed by atoms with Crippen molar-refractivity contribution in [2.24, 2.45) is 11.8 Å². The fraction of sp³-hybridized carbons (Fsp3) is 0.818. The van der Waals surface area contributed by atoms with Gasteiger partial charge in [0, 0.05) is 19.0 Å². The Kier molecular flexibility index (Phi) is 2.45. The van der Waals surface area contributed by atoms with Crippen molar-refractivity contribution in [3.8, 4) is 6.07 Å². The summed E-state index contributed by atoms with van der Waals surface area (Å²) in [6.07, 6.45) is 4.25. The number of amides is 1. The van der Waals surface area contributed by atoms with E-state index in [1.54, 1.807) is 0 Å². The molecule has 76 valence electrons. The molecule has 0 aromatic rings. The van der Waals surface area contributed by atoms with Crippen molar-refractivity contribution in [2.75, 3.05) is 6.54 Å². The molecule has 0 bridgehead atoms. The van der Waals surface area contributed by atoms with Crippen LogP contribution in [-0.4, -0.2) is 23.4 Å². The Balaban J connectivity index is 1.97. The van der Waals surface area contributed by atoms with Crippen LogP contribution < -0.4 is 0 Å². The lowest BCUT2D eigenvalue weighted by atomic mass is 9.80. The molecule has 0 radical (unpaired) electrons. The van der Waals surface area contributed by atoms with Crippen molar-refractivity contribution >= 4 is 5.91 Å². The molecule has 1 heterocycles. The molecule has 1 saturated carbocycles. The van der Waals surface area contributed by atoms with E-state index >= 15 is 0 Å².